The van der Waals surface area contributed by atoms with Gasteiger partial charge >= 0.3 is 6.36 Å². The van der Waals surface area contributed by atoms with Crippen LogP contribution in [0.3, 0.4) is 0 Å². The van der Waals surface area contributed by atoms with Crippen molar-refractivity contribution in [2.24, 2.45) is 5.92 Å². The number of hydrogen-bond acceptors (Lipinski definition) is 3. The number of aliphatic hydroxyl groups excluding tert-OH is 1. The van der Waals surface area contributed by atoms with Gasteiger partial charge in [0.15, 0.2) is 0 Å². The second kappa shape index (κ2) is 4.26. The first-order chi connectivity index (χ1) is 6.01. The lowest BCUT2D eigenvalue weighted by molar-refractivity contribution is -0.325. The number of alkyl halides is 3. The van der Waals surface area contributed by atoms with Crippen molar-refractivity contribution in [3.8, 4) is 0 Å². The van der Waals surface area contributed by atoms with Crippen LogP contribution in [-0.2, 0) is 4.74 Å². The van der Waals surface area contributed by atoms with Crippen molar-refractivity contribution in [2.45, 2.75) is 6.36 Å². The van der Waals surface area contributed by atoms with Gasteiger partial charge in [0, 0.05) is 32.2 Å². The zero-order chi connectivity index (χ0) is 9.90. The number of rotatable bonds is 4. The van der Waals surface area contributed by atoms with Crippen LogP contribution in [0.5, 0.6) is 0 Å². The van der Waals surface area contributed by atoms with E-state index in [-0.39, 0.29) is 25.7 Å². The first-order valence-electron chi connectivity index (χ1n) is 4.05. The van der Waals surface area contributed by atoms with Crippen LogP contribution in [0.4, 0.5) is 13.2 Å². The van der Waals surface area contributed by atoms with Gasteiger partial charge in [-0.1, -0.05) is 0 Å². The van der Waals surface area contributed by atoms with Crippen LogP contribution in [0, 0.1) is 5.92 Å². The molecule has 0 bridgehead atoms. The van der Waals surface area contributed by atoms with Gasteiger partial charge < -0.3 is 10.0 Å². The minimum absolute atomic E-state index is 0.108. The van der Waals surface area contributed by atoms with Crippen LogP contribution in [0.25, 0.3) is 0 Å². The van der Waals surface area contributed by atoms with E-state index in [1.54, 1.807) is 0 Å². The summed E-state index contributed by atoms with van der Waals surface area (Å²) in [4.78, 5) is 1.81. The van der Waals surface area contributed by atoms with Crippen LogP contribution >= 0.6 is 0 Å². The average Bonchev–Trinajstić information content (AvgIpc) is 1.91. The molecule has 78 valence electrons. The van der Waals surface area contributed by atoms with E-state index in [2.05, 4.69) is 4.74 Å². The minimum atomic E-state index is -4.53. The summed E-state index contributed by atoms with van der Waals surface area (Å²) in [5, 5.41) is 8.62. The molecule has 1 rings (SSSR count). The van der Waals surface area contributed by atoms with Crippen molar-refractivity contribution in [1.29, 1.82) is 0 Å². The summed E-state index contributed by atoms with van der Waals surface area (Å²) >= 11 is 0. The van der Waals surface area contributed by atoms with Crippen LogP contribution in [0.15, 0.2) is 0 Å². The van der Waals surface area contributed by atoms with E-state index in [9.17, 15) is 13.2 Å². The summed E-state index contributed by atoms with van der Waals surface area (Å²) < 4.78 is 38.1. The number of ether oxygens (including phenoxy) is 1. The van der Waals surface area contributed by atoms with Crippen molar-refractivity contribution in [3.63, 3.8) is 0 Å². The Bertz CT molecular complexity index is 156. The maximum atomic E-state index is 11.5. The van der Waals surface area contributed by atoms with Gasteiger partial charge in [0.2, 0.25) is 0 Å². The van der Waals surface area contributed by atoms with Crippen molar-refractivity contribution in [3.05, 3.63) is 0 Å². The van der Waals surface area contributed by atoms with Gasteiger partial charge in [-0.25, -0.2) is 0 Å². The van der Waals surface area contributed by atoms with E-state index in [0.717, 1.165) is 0 Å². The lowest BCUT2D eigenvalue weighted by Gasteiger charge is -2.38. The quantitative estimate of drug-likeness (QED) is 0.713. The molecule has 1 aliphatic heterocycles. The van der Waals surface area contributed by atoms with Gasteiger partial charge in [0.25, 0.3) is 0 Å². The van der Waals surface area contributed by atoms with Crippen LogP contribution in [0.2, 0.25) is 0 Å². The summed E-state index contributed by atoms with van der Waals surface area (Å²) in [7, 11) is 0. The summed E-state index contributed by atoms with van der Waals surface area (Å²) in [6.07, 6.45) is -4.53. The molecule has 0 aromatic rings. The predicted octanol–water partition coefficient (Wildman–Crippen LogP) is 0.447. The maximum Gasteiger partial charge on any atom is 0.522 e. The van der Waals surface area contributed by atoms with E-state index in [4.69, 9.17) is 5.11 Å². The second-order valence-electron chi connectivity index (χ2n) is 3.10. The Morgan fingerprint density at radius 1 is 1.38 bits per heavy atom. The van der Waals surface area contributed by atoms with E-state index >= 15 is 0 Å². The third-order valence-corrected chi connectivity index (χ3v) is 1.96. The topological polar surface area (TPSA) is 32.7 Å². The monoisotopic (exact) mass is 199 g/mol. The van der Waals surface area contributed by atoms with E-state index in [0.29, 0.717) is 13.1 Å². The molecule has 13 heavy (non-hydrogen) atoms. The zero-order valence-corrected chi connectivity index (χ0v) is 7.05. The van der Waals surface area contributed by atoms with Crippen molar-refractivity contribution in [1.82, 2.24) is 4.90 Å². The van der Waals surface area contributed by atoms with Gasteiger partial charge in [0.05, 0.1) is 6.61 Å². The molecule has 6 heteroatoms. The standard InChI is InChI=1S/C7H12F3NO2/c8-7(9,10)13-2-1-11-3-6(4-11)5-12/h6,12H,1-5H2. The number of nitrogens with zero attached hydrogens (tertiary/aromatic N) is 1. The van der Waals surface area contributed by atoms with Gasteiger partial charge in [-0.15, -0.1) is 13.2 Å². The molecule has 1 saturated heterocycles. The van der Waals surface area contributed by atoms with Crippen molar-refractivity contribution < 1.29 is 23.0 Å². The number of hydrogen-bond donors (Lipinski definition) is 1. The van der Waals surface area contributed by atoms with Gasteiger partial charge in [0.1, 0.15) is 0 Å². The lowest BCUT2D eigenvalue weighted by atomic mass is 10.0. The Labute approximate surface area is 74.1 Å². The molecule has 0 aromatic heterocycles. The van der Waals surface area contributed by atoms with Crippen LogP contribution < -0.4 is 0 Å². The maximum absolute atomic E-state index is 11.5. The molecule has 0 saturated carbocycles. The van der Waals surface area contributed by atoms with Gasteiger partial charge in [-0.3, -0.25) is 4.74 Å². The molecule has 0 spiro atoms. The molecular formula is C7H12F3NO2. The molecule has 0 atom stereocenters. The van der Waals surface area contributed by atoms with E-state index in [1.807, 2.05) is 4.90 Å². The highest BCUT2D eigenvalue weighted by molar-refractivity contribution is 4.78. The molecule has 0 amide bonds. The zero-order valence-electron chi connectivity index (χ0n) is 7.05. The molecule has 1 aliphatic rings. The first kappa shape index (κ1) is 10.7. The average molecular weight is 199 g/mol. The Morgan fingerprint density at radius 3 is 2.46 bits per heavy atom. The first-order valence-corrected chi connectivity index (χ1v) is 4.05. The second-order valence-corrected chi connectivity index (χ2v) is 3.10. The molecule has 0 aliphatic carbocycles. The molecule has 0 unspecified atom stereocenters. The summed E-state index contributed by atoms with van der Waals surface area (Å²) in [6, 6.07) is 0. The lowest BCUT2D eigenvalue weighted by Crippen LogP contribution is -2.49. The molecule has 0 radical (unpaired) electrons. The number of aliphatic hydroxyl groups is 1. The summed E-state index contributed by atoms with van der Waals surface area (Å²) in [5.74, 6) is 0.228. The Kier molecular flexibility index (Phi) is 3.52. The fraction of sp³-hybridized carbons (Fsp3) is 1.00. The summed E-state index contributed by atoms with van der Waals surface area (Å²) in [5.41, 5.74) is 0. The molecular weight excluding hydrogens is 187 g/mol. The highest BCUT2D eigenvalue weighted by Crippen LogP contribution is 2.17. The fourth-order valence-electron chi connectivity index (χ4n) is 1.27. The molecule has 1 N–H and O–H groups in total. The minimum Gasteiger partial charge on any atom is -0.396 e. The highest BCUT2D eigenvalue weighted by atomic mass is 19.4. The normalized spacial score (nSPS) is 20.3. The largest absolute Gasteiger partial charge is 0.522 e. The molecule has 3 nitrogen and oxygen atoms in total. The smallest absolute Gasteiger partial charge is 0.396 e. The number of halogens is 3. The SMILES string of the molecule is OCC1CN(CCOC(F)(F)F)C1. The van der Waals surface area contributed by atoms with E-state index in [1.165, 1.54) is 0 Å². The highest BCUT2D eigenvalue weighted by Gasteiger charge is 2.30. The fourth-order valence-corrected chi connectivity index (χ4v) is 1.27. The van der Waals surface area contributed by atoms with Crippen LogP contribution in [0.1, 0.15) is 0 Å². The Balaban J connectivity index is 1.97. The summed E-state index contributed by atoms with van der Waals surface area (Å²) in [6.45, 7) is 1.38. The van der Waals surface area contributed by atoms with E-state index < -0.39 is 6.36 Å². The molecule has 1 fully saturated rings. The number of likely N-dealkylation sites (tertiary alicyclic amines) is 1. The van der Waals surface area contributed by atoms with Crippen molar-refractivity contribution in [2.75, 3.05) is 32.8 Å². The third kappa shape index (κ3) is 3.93. The van der Waals surface area contributed by atoms with Crippen LogP contribution in [-0.4, -0.2) is 49.2 Å². The molecule has 1 heterocycles. The molecule has 0 aromatic carbocycles. The Morgan fingerprint density at radius 2 is 2.00 bits per heavy atom. The Hall–Kier alpha value is -0.330. The van der Waals surface area contributed by atoms with Gasteiger partial charge in [-0.05, 0) is 0 Å². The van der Waals surface area contributed by atoms with Gasteiger partial charge in [-0.2, -0.15) is 0 Å². The predicted molar refractivity (Wildman–Crippen MR) is 39.0 cm³/mol. The van der Waals surface area contributed by atoms with Crippen molar-refractivity contribution >= 4 is 0 Å². The third-order valence-electron chi connectivity index (χ3n) is 1.96.